The number of nitrogens with zero attached hydrogens (tertiary/aromatic N) is 2. The number of hydrogen-bond donors (Lipinski definition) is 1. The summed E-state index contributed by atoms with van der Waals surface area (Å²) in [6.45, 7) is 0. The van der Waals surface area contributed by atoms with Crippen LogP contribution in [0, 0.1) is 0 Å². The van der Waals surface area contributed by atoms with E-state index in [1.807, 2.05) is 11.3 Å². The van der Waals surface area contributed by atoms with Gasteiger partial charge < -0.3 is 9.73 Å². The molecule has 0 radical (unpaired) electrons. The second kappa shape index (κ2) is 14.6. The zero-order chi connectivity index (χ0) is 43.3. The third-order valence-corrected chi connectivity index (χ3v) is 14.7. The molecule has 308 valence electrons. The Morgan fingerprint density at radius 2 is 1.08 bits per heavy atom. The summed E-state index contributed by atoms with van der Waals surface area (Å²) in [6, 6.07) is 76.3. The lowest BCUT2D eigenvalue weighted by Gasteiger charge is -2.25. The van der Waals surface area contributed by atoms with Crippen molar-refractivity contribution in [3.8, 4) is 22.3 Å². The summed E-state index contributed by atoms with van der Waals surface area (Å²) < 4.78 is 9.35. The van der Waals surface area contributed by atoms with Gasteiger partial charge in [-0.25, -0.2) is 9.98 Å². The molecule has 14 rings (SSSR count). The number of hydrogen-bond acceptors (Lipinski definition) is 5. The van der Waals surface area contributed by atoms with Crippen LogP contribution in [0.4, 0.5) is 0 Å². The molecule has 1 aliphatic heterocycles. The van der Waals surface area contributed by atoms with Gasteiger partial charge in [-0.15, -0.1) is 11.3 Å². The third-order valence-electron chi connectivity index (χ3n) is 13.5. The van der Waals surface area contributed by atoms with E-state index in [1.165, 1.54) is 52.5 Å². The van der Waals surface area contributed by atoms with Gasteiger partial charge in [0.2, 0.25) is 0 Å². The van der Waals surface area contributed by atoms with Crippen LogP contribution in [0.3, 0.4) is 0 Å². The topological polar surface area (TPSA) is 49.9 Å². The highest BCUT2D eigenvalue weighted by molar-refractivity contribution is 7.26. The van der Waals surface area contributed by atoms with E-state index >= 15 is 0 Å². The monoisotopic (exact) mass is 859 g/mol. The lowest BCUT2D eigenvalue weighted by molar-refractivity contribution is 0.670. The van der Waals surface area contributed by atoms with Gasteiger partial charge in [-0.2, -0.15) is 0 Å². The van der Waals surface area contributed by atoms with E-state index in [0.717, 1.165) is 77.5 Å². The quantitative estimate of drug-likeness (QED) is 0.175. The molecule has 1 atom stereocenters. The lowest BCUT2D eigenvalue weighted by Crippen LogP contribution is -2.33. The molecule has 2 aromatic heterocycles. The summed E-state index contributed by atoms with van der Waals surface area (Å²) in [7, 11) is 0. The zero-order valence-corrected chi connectivity index (χ0v) is 36.3. The number of fused-ring (bicyclic) bond motifs is 11. The van der Waals surface area contributed by atoms with Crippen LogP contribution in [0.2, 0.25) is 0 Å². The highest BCUT2D eigenvalue weighted by Crippen LogP contribution is 2.44. The SMILES string of the molecule is c1ccc2cc(-c3cccc4c3oc3cccc(-c5cc(C6=NC(c7cccc8c7sc7ccccc78)NC(c7ccc8ccc9ccccc9c8c7)=N6)cc6ccccc56)c34)ccc2c1. The number of aliphatic imine (C=N–C) groups is 2. The summed E-state index contributed by atoms with van der Waals surface area (Å²) in [5.41, 5.74) is 9.23. The van der Waals surface area contributed by atoms with Gasteiger partial charge >= 0.3 is 0 Å². The Hall–Kier alpha value is -8.38. The van der Waals surface area contributed by atoms with Crippen LogP contribution in [0.15, 0.2) is 227 Å². The molecular weight excluding hydrogens is 823 g/mol. The first-order valence-corrected chi connectivity index (χ1v) is 23.2. The molecule has 1 aliphatic rings. The Kier molecular flexibility index (Phi) is 8.18. The fraction of sp³-hybridized carbons (Fsp3) is 0.0164. The van der Waals surface area contributed by atoms with Crippen molar-refractivity contribution in [2.75, 3.05) is 0 Å². The molecule has 1 unspecified atom stereocenters. The maximum atomic E-state index is 6.86. The lowest BCUT2D eigenvalue weighted by atomic mass is 9.92. The largest absolute Gasteiger partial charge is 0.455 e. The maximum Gasteiger partial charge on any atom is 0.159 e. The summed E-state index contributed by atoms with van der Waals surface area (Å²) in [6.07, 6.45) is -0.392. The van der Waals surface area contributed by atoms with Crippen LogP contribution in [0.25, 0.3) is 107 Å². The van der Waals surface area contributed by atoms with Crippen molar-refractivity contribution >= 4 is 108 Å². The summed E-state index contributed by atoms with van der Waals surface area (Å²) >= 11 is 1.83. The molecule has 0 spiro atoms. The van der Waals surface area contributed by atoms with Gasteiger partial charge in [-0.3, -0.25) is 0 Å². The predicted molar refractivity (Wildman–Crippen MR) is 279 cm³/mol. The highest BCUT2D eigenvalue weighted by atomic mass is 32.1. The maximum absolute atomic E-state index is 6.86. The Bertz CT molecular complexity index is 4230. The number of benzene rings is 11. The van der Waals surface area contributed by atoms with Gasteiger partial charge in [0.25, 0.3) is 0 Å². The first kappa shape index (κ1) is 37.0. The van der Waals surface area contributed by atoms with Crippen LogP contribution in [-0.4, -0.2) is 11.7 Å². The van der Waals surface area contributed by atoms with Gasteiger partial charge in [0.1, 0.15) is 23.2 Å². The standard InChI is InChI=1S/C61H37N3OS/c1-2-14-39-32-41(30-26-36(39)12-1)46-19-9-22-50-56-48(20-11-24-54(56)65-57(46)50)53-35-43(33-40-15-4-6-17-45(40)53)60-62-59(42-31-29-38-28-27-37-13-3-5-16-44(37)52(38)34-42)63-61(64-60)51-23-10-21-49-47-18-7-8-25-55(47)66-58(49)51/h1-35,61H,(H,62,63,64). The van der Waals surface area contributed by atoms with E-state index < -0.39 is 6.17 Å². The molecule has 0 amide bonds. The Labute approximate surface area is 383 Å². The first-order valence-electron chi connectivity index (χ1n) is 22.4. The first-order chi connectivity index (χ1) is 32.7. The molecule has 0 bridgehead atoms. The molecule has 3 heterocycles. The van der Waals surface area contributed by atoms with Crippen molar-refractivity contribution in [2.24, 2.45) is 9.98 Å². The fourth-order valence-corrected chi connectivity index (χ4v) is 11.6. The van der Waals surface area contributed by atoms with Gasteiger partial charge in [-0.05, 0) is 96.2 Å². The molecule has 1 N–H and O–H groups in total. The van der Waals surface area contributed by atoms with Gasteiger partial charge in [0.05, 0.1) is 0 Å². The number of amidine groups is 2. The van der Waals surface area contributed by atoms with Gasteiger partial charge in [0.15, 0.2) is 5.84 Å². The van der Waals surface area contributed by atoms with Crippen LogP contribution in [0.5, 0.6) is 0 Å². The Balaban J connectivity index is 0.978. The predicted octanol–water partition coefficient (Wildman–Crippen LogP) is 16.4. The molecule has 5 heteroatoms. The smallest absolute Gasteiger partial charge is 0.159 e. The van der Waals surface area contributed by atoms with E-state index in [4.69, 9.17) is 14.4 Å². The molecule has 0 fully saturated rings. The van der Waals surface area contributed by atoms with Gasteiger partial charge in [0, 0.05) is 53.2 Å². The van der Waals surface area contributed by atoms with Crippen molar-refractivity contribution < 1.29 is 4.42 Å². The summed E-state index contributed by atoms with van der Waals surface area (Å²) in [5.74, 6) is 1.47. The molecule has 0 aliphatic carbocycles. The molecular formula is C61H37N3OS. The normalized spacial score (nSPS) is 14.2. The summed E-state index contributed by atoms with van der Waals surface area (Å²) in [5, 5.41) is 18.0. The van der Waals surface area contributed by atoms with E-state index in [0.29, 0.717) is 5.84 Å². The molecule has 13 aromatic rings. The van der Waals surface area contributed by atoms with Crippen molar-refractivity contribution in [3.63, 3.8) is 0 Å². The van der Waals surface area contributed by atoms with Gasteiger partial charge in [-0.1, -0.05) is 176 Å². The average molecular weight is 860 g/mol. The van der Waals surface area contributed by atoms with Crippen molar-refractivity contribution in [1.29, 1.82) is 0 Å². The van der Waals surface area contributed by atoms with Crippen LogP contribution < -0.4 is 5.32 Å². The molecule has 4 nitrogen and oxygen atoms in total. The highest BCUT2D eigenvalue weighted by Gasteiger charge is 2.26. The van der Waals surface area contributed by atoms with Crippen LogP contribution >= 0.6 is 11.3 Å². The third kappa shape index (κ3) is 5.84. The molecule has 66 heavy (non-hydrogen) atoms. The Morgan fingerprint density at radius 1 is 0.424 bits per heavy atom. The average Bonchev–Trinajstić information content (AvgIpc) is 3.97. The van der Waals surface area contributed by atoms with Crippen molar-refractivity contribution in [1.82, 2.24) is 5.32 Å². The van der Waals surface area contributed by atoms with Crippen LogP contribution in [-0.2, 0) is 0 Å². The fourth-order valence-electron chi connectivity index (χ4n) is 10.3. The minimum absolute atomic E-state index is 0.392. The van der Waals surface area contributed by atoms with E-state index in [-0.39, 0.29) is 0 Å². The summed E-state index contributed by atoms with van der Waals surface area (Å²) in [4.78, 5) is 11.0. The van der Waals surface area contributed by atoms with E-state index in [1.54, 1.807) is 0 Å². The molecule has 0 saturated carbocycles. The van der Waals surface area contributed by atoms with Crippen LogP contribution in [0.1, 0.15) is 22.9 Å². The van der Waals surface area contributed by atoms with E-state index in [9.17, 15) is 0 Å². The second-order valence-electron chi connectivity index (χ2n) is 17.3. The number of thiophene rings is 1. The molecule has 0 saturated heterocycles. The number of para-hydroxylation sites is 1. The van der Waals surface area contributed by atoms with Crippen molar-refractivity contribution in [3.05, 3.63) is 229 Å². The minimum atomic E-state index is -0.392. The van der Waals surface area contributed by atoms with E-state index in [2.05, 4.69) is 218 Å². The number of furan rings is 1. The number of rotatable bonds is 5. The zero-order valence-electron chi connectivity index (χ0n) is 35.5. The minimum Gasteiger partial charge on any atom is -0.455 e. The number of nitrogens with one attached hydrogen (secondary N) is 1. The molecule has 11 aromatic carbocycles. The second-order valence-corrected chi connectivity index (χ2v) is 18.3. The van der Waals surface area contributed by atoms with Crippen molar-refractivity contribution in [2.45, 2.75) is 6.17 Å². The Morgan fingerprint density at radius 3 is 1.98 bits per heavy atom.